The Morgan fingerprint density at radius 1 is 1.04 bits per heavy atom. The van der Waals surface area contributed by atoms with Crippen molar-refractivity contribution in [1.82, 2.24) is 4.72 Å². The minimum Gasteiger partial charge on any atom is -0.388 e. The largest absolute Gasteiger partial charge is 0.388 e. The molecule has 1 aliphatic rings. The Kier molecular flexibility index (Phi) is 4.23. The third kappa shape index (κ3) is 3.77. The minimum absolute atomic E-state index is 0.0849. The van der Waals surface area contributed by atoms with Crippen LogP contribution in [-0.4, -0.2) is 25.7 Å². The molecule has 23 heavy (non-hydrogen) atoms. The summed E-state index contributed by atoms with van der Waals surface area (Å²) in [5.41, 5.74) is 1.04. The highest BCUT2D eigenvalue weighted by Crippen LogP contribution is 2.29. The normalized spacial score (nSPS) is 16.3. The molecule has 0 heterocycles. The first-order chi connectivity index (χ1) is 10.9. The first-order valence-corrected chi connectivity index (χ1v) is 9.02. The fraction of sp³-hybridized carbons (Fsp3) is 0.294. The number of aliphatic hydroxyl groups is 1. The van der Waals surface area contributed by atoms with E-state index in [1.807, 2.05) is 24.3 Å². The molecule has 6 heteroatoms. The highest BCUT2D eigenvalue weighted by atomic mass is 32.2. The third-order valence-electron chi connectivity index (χ3n) is 4.08. The standard InChI is InChI=1S/C17H18FNO3S/c18-16-8-4-3-7-15(16)11-23(21,22)19-12-17(20)9-13-5-1-2-6-14(13)10-17/h1-8,19-20H,9-12H2. The smallest absolute Gasteiger partial charge is 0.215 e. The van der Waals surface area contributed by atoms with E-state index in [1.165, 1.54) is 18.2 Å². The van der Waals surface area contributed by atoms with Gasteiger partial charge in [0.05, 0.1) is 11.4 Å². The monoisotopic (exact) mass is 335 g/mol. The highest BCUT2D eigenvalue weighted by Gasteiger charge is 2.35. The van der Waals surface area contributed by atoms with Gasteiger partial charge in [-0.3, -0.25) is 0 Å². The van der Waals surface area contributed by atoms with Crippen LogP contribution in [0.1, 0.15) is 16.7 Å². The van der Waals surface area contributed by atoms with E-state index in [0.29, 0.717) is 12.8 Å². The fourth-order valence-electron chi connectivity index (χ4n) is 2.91. The zero-order valence-corrected chi connectivity index (χ0v) is 13.3. The molecule has 0 amide bonds. The van der Waals surface area contributed by atoms with Crippen molar-refractivity contribution in [2.24, 2.45) is 0 Å². The summed E-state index contributed by atoms with van der Waals surface area (Å²) in [4.78, 5) is 0. The van der Waals surface area contributed by atoms with Crippen LogP contribution in [0.25, 0.3) is 0 Å². The molecule has 1 aliphatic carbocycles. The Bertz CT molecular complexity index is 795. The lowest BCUT2D eigenvalue weighted by molar-refractivity contribution is 0.0567. The predicted molar refractivity (Wildman–Crippen MR) is 85.8 cm³/mol. The average molecular weight is 335 g/mol. The van der Waals surface area contributed by atoms with Gasteiger partial charge in [-0.25, -0.2) is 17.5 Å². The Morgan fingerprint density at radius 2 is 1.61 bits per heavy atom. The van der Waals surface area contributed by atoms with Crippen LogP contribution in [0.3, 0.4) is 0 Å². The van der Waals surface area contributed by atoms with Crippen LogP contribution in [0.4, 0.5) is 4.39 Å². The molecule has 0 aliphatic heterocycles. The van der Waals surface area contributed by atoms with E-state index in [4.69, 9.17) is 0 Å². The molecular formula is C17H18FNO3S. The van der Waals surface area contributed by atoms with E-state index in [-0.39, 0.29) is 12.1 Å². The van der Waals surface area contributed by atoms with E-state index in [2.05, 4.69) is 4.72 Å². The number of halogens is 1. The summed E-state index contributed by atoms with van der Waals surface area (Å²) in [6.07, 6.45) is 0.816. The zero-order valence-electron chi connectivity index (χ0n) is 12.5. The molecule has 0 unspecified atom stereocenters. The van der Waals surface area contributed by atoms with Gasteiger partial charge >= 0.3 is 0 Å². The van der Waals surface area contributed by atoms with Crippen molar-refractivity contribution in [3.05, 3.63) is 71.0 Å². The number of fused-ring (bicyclic) bond motifs is 1. The van der Waals surface area contributed by atoms with Gasteiger partial charge in [-0.2, -0.15) is 0 Å². The van der Waals surface area contributed by atoms with Gasteiger partial charge in [0.15, 0.2) is 0 Å². The molecule has 0 bridgehead atoms. The predicted octanol–water partition coefficient (Wildman–Crippen LogP) is 1.78. The number of sulfonamides is 1. The maximum absolute atomic E-state index is 13.6. The quantitative estimate of drug-likeness (QED) is 0.875. The maximum atomic E-state index is 13.6. The van der Waals surface area contributed by atoms with Gasteiger partial charge in [0.25, 0.3) is 0 Å². The van der Waals surface area contributed by atoms with Gasteiger partial charge in [0, 0.05) is 24.9 Å². The Morgan fingerprint density at radius 3 is 2.22 bits per heavy atom. The van der Waals surface area contributed by atoms with Crippen LogP contribution in [0.2, 0.25) is 0 Å². The lowest BCUT2D eigenvalue weighted by atomic mass is 10.0. The molecule has 122 valence electrons. The lowest BCUT2D eigenvalue weighted by Gasteiger charge is -2.22. The summed E-state index contributed by atoms with van der Waals surface area (Å²) >= 11 is 0. The highest BCUT2D eigenvalue weighted by molar-refractivity contribution is 7.88. The molecule has 4 nitrogen and oxygen atoms in total. The first-order valence-electron chi connectivity index (χ1n) is 7.37. The van der Waals surface area contributed by atoms with Crippen molar-refractivity contribution in [1.29, 1.82) is 0 Å². The van der Waals surface area contributed by atoms with Gasteiger partial charge in [0.1, 0.15) is 5.82 Å². The van der Waals surface area contributed by atoms with Crippen molar-refractivity contribution >= 4 is 10.0 Å². The van der Waals surface area contributed by atoms with Crippen molar-refractivity contribution in [3.63, 3.8) is 0 Å². The molecule has 0 saturated heterocycles. The zero-order chi connectivity index (χ0) is 16.5. The topological polar surface area (TPSA) is 66.4 Å². The molecule has 2 aromatic carbocycles. The number of hydrogen-bond donors (Lipinski definition) is 2. The van der Waals surface area contributed by atoms with E-state index in [0.717, 1.165) is 11.1 Å². The average Bonchev–Trinajstić information content (AvgIpc) is 2.84. The molecular weight excluding hydrogens is 317 g/mol. The number of hydrogen-bond acceptors (Lipinski definition) is 3. The maximum Gasteiger partial charge on any atom is 0.215 e. The van der Waals surface area contributed by atoms with Crippen molar-refractivity contribution in [2.75, 3.05) is 6.54 Å². The summed E-state index contributed by atoms with van der Waals surface area (Å²) in [6.45, 7) is -0.0849. The molecule has 0 spiro atoms. The van der Waals surface area contributed by atoms with Crippen LogP contribution >= 0.6 is 0 Å². The van der Waals surface area contributed by atoms with Crippen LogP contribution in [0.5, 0.6) is 0 Å². The second kappa shape index (κ2) is 6.03. The van der Waals surface area contributed by atoms with Crippen LogP contribution in [0.15, 0.2) is 48.5 Å². The van der Waals surface area contributed by atoms with Crippen molar-refractivity contribution in [3.8, 4) is 0 Å². The lowest BCUT2D eigenvalue weighted by Crippen LogP contribution is -2.44. The minimum atomic E-state index is -3.72. The SMILES string of the molecule is O=S(=O)(Cc1ccccc1F)NCC1(O)Cc2ccccc2C1. The molecule has 0 aromatic heterocycles. The van der Waals surface area contributed by atoms with Gasteiger partial charge < -0.3 is 5.11 Å². The Labute approximate surface area is 135 Å². The summed E-state index contributed by atoms with van der Waals surface area (Å²) in [6, 6.07) is 13.4. The van der Waals surface area contributed by atoms with Crippen LogP contribution in [-0.2, 0) is 28.6 Å². The van der Waals surface area contributed by atoms with Crippen molar-refractivity contribution in [2.45, 2.75) is 24.2 Å². The number of nitrogens with one attached hydrogen (secondary N) is 1. The molecule has 2 aromatic rings. The van der Waals surface area contributed by atoms with Crippen LogP contribution in [0, 0.1) is 5.82 Å². The molecule has 3 rings (SSSR count). The first kappa shape index (κ1) is 16.1. The van der Waals surface area contributed by atoms with E-state index in [9.17, 15) is 17.9 Å². The second-order valence-electron chi connectivity index (χ2n) is 6.02. The molecule has 0 fully saturated rings. The van der Waals surface area contributed by atoms with E-state index < -0.39 is 27.2 Å². The summed E-state index contributed by atoms with van der Waals surface area (Å²) in [7, 11) is -3.72. The summed E-state index contributed by atoms with van der Waals surface area (Å²) in [5, 5.41) is 10.6. The molecule has 2 N–H and O–H groups in total. The third-order valence-corrected chi connectivity index (χ3v) is 5.36. The Hall–Kier alpha value is -1.76. The van der Waals surface area contributed by atoms with Gasteiger partial charge in [-0.15, -0.1) is 0 Å². The fourth-order valence-corrected chi connectivity index (χ4v) is 4.15. The van der Waals surface area contributed by atoms with E-state index >= 15 is 0 Å². The van der Waals surface area contributed by atoms with Gasteiger partial charge in [-0.1, -0.05) is 42.5 Å². The summed E-state index contributed by atoms with van der Waals surface area (Å²) < 4.78 is 40.3. The van der Waals surface area contributed by atoms with E-state index in [1.54, 1.807) is 6.07 Å². The summed E-state index contributed by atoms with van der Waals surface area (Å²) in [5.74, 6) is -0.993. The Balaban J connectivity index is 1.65. The number of benzene rings is 2. The molecule has 0 atom stereocenters. The molecule has 0 radical (unpaired) electrons. The van der Waals surface area contributed by atoms with Gasteiger partial charge in [0.2, 0.25) is 10.0 Å². The molecule has 0 saturated carbocycles. The van der Waals surface area contributed by atoms with Gasteiger partial charge in [-0.05, 0) is 17.2 Å². The van der Waals surface area contributed by atoms with Crippen molar-refractivity contribution < 1.29 is 17.9 Å². The number of rotatable bonds is 5. The second-order valence-corrected chi connectivity index (χ2v) is 7.83. The van der Waals surface area contributed by atoms with Crippen LogP contribution < -0.4 is 4.72 Å².